The minimum absolute atomic E-state index is 0.00154. The molecule has 3 N–H and O–H groups in total. The number of Topliss-reactive ketones (excluding diaryl/α,β-unsaturated/α-hetero) is 1. The third-order valence-electron chi connectivity index (χ3n) is 7.78. The van der Waals surface area contributed by atoms with Crippen molar-refractivity contribution in [2.45, 2.75) is 51.2 Å². The molecule has 1 fully saturated rings. The van der Waals surface area contributed by atoms with E-state index in [1.807, 2.05) is 54.6 Å². The van der Waals surface area contributed by atoms with Gasteiger partial charge in [-0.3, -0.25) is 14.4 Å². The van der Waals surface area contributed by atoms with Crippen LogP contribution in [-0.4, -0.2) is 41.1 Å². The van der Waals surface area contributed by atoms with Crippen LogP contribution in [0.25, 0.3) is 11.1 Å². The Bertz CT molecular complexity index is 1530. The molecule has 7 nitrogen and oxygen atoms in total. The van der Waals surface area contributed by atoms with Crippen molar-refractivity contribution in [1.82, 2.24) is 10.2 Å². The molecule has 1 aliphatic rings. The van der Waals surface area contributed by atoms with Gasteiger partial charge in [0, 0.05) is 18.5 Å². The standard InChI is InChI=1S/C36H37N3O4/c1-25(40)28-16-20-32(21-17-28)43-31-18-12-26(13-19-31)23-33-36(42)39(34(35(41)38-33)9-5-6-22-37)24-27-10-14-30(15-11-27)29-7-3-2-4-8-29/h2-4,7-8,10-21,33-34H,5-6,9,22-24,37H2,1H3,(H,38,41)/t33-,34-/m0/s1. The van der Waals surface area contributed by atoms with Gasteiger partial charge in [0.1, 0.15) is 23.6 Å². The SMILES string of the molecule is CC(=O)c1ccc(Oc2ccc(C[C@@H]3NC(=O)[C@H](CCCCN)N(Cc4ccc(-c5ccccc5)cc4)C3=O)cc2)cc1. The predicted molar refractivity (Wildman–Crippen MR) is 168 cm³/mol. The zero-order chi connectivity index (χ0) is 30.2. The van der Waals surface area contributed by atoms with Crippen LogP contribution >= 0.6 is 0 Å². The first-order valence-electron chi connectivity index (χ1n) is 14.7. The van der Waals surface area contributed by atoms with Crippen molar-refractivity contribution in [3.05, 3.63) is 120 Å². The molecule has 2 amide bonds. The summed E-state index contributed by atoms with van der Waals surface area (Å²) in [6.45, 7) is 2.44. The highest BCUT2D eigenvalue weighted by Crippen LogP contribution is 2.26. The molecule has 0 bridgehead atoms. The van der Waals surface area contributed by atoms with Crippen LogP contribution in [-0.2, 0) is 22.6 Å². The van der Waals surface area contributed by atoms with Crippen LogP contribution in [0.4, 0.5) is 0 Å². The number of ketones is 1. The summed E-state index contributed by atoms with van der Waals surface area (Å²) in [6.07, 6.45) is 2.52. The van der Waals surface area contributed by atoms with Crippen LogP contribution in [0.2, 0.25) is 0 Å². The van der Waals surface area contributed by atoms with Gasteiger partial charge >= 0.3 is 0 Å². The predicted octanol–water partition coefficient (Wildman–Crippen LogP) is 5.92. The number of nitrogens with two attached hydrogens (primary N) is 1. The van der Waals surface area contributed by atoms with Crippen molar-refractivity contribution >= 4 is 17.6 Å². The summed E-state index contributed by atoms with van der Waals surface area (Å²) in [5.41, 5.74) is 10.4. The summed E-state index contributed by atoms with van der Waals surface area (Å²) in [5, 5.41) is 2.99. The third kappa shape index (κ3) is 7.56. The Hall–Kier alpha value is -4.75. The molecular formula is C36H37N3O4. The topological polar surface area (TPSA) is 102 Å². The lowest BCUT2D eigenvalue weighted by Gasteiger charge is -2.39. The largest absolute Gasteiger partial charge is 0.457 e. The molecule has 0 radical (unpaired) electrons. The maximum Gasteiger partial charge on any atom is 0.246 e. The molecule has 43 heavy (non-hydrogen) atoms. The summed E-state index contributed by atoms with van der Waals surface area (Å²) in [6, 6.07) is 31.6. The maximum atomic E-state index is 13.8. The van der Waals surface area contributed by atoms with E-state index in [0.717, 1.165) is 35.1 Å². The van der Waals surface area contributed by atoms with Crippen molar-refractivity contribution < 1.29 is 19.1 Å². The summed E-state index contributed by atoms with van der Waals surface area (Å²) in [4.78, 5) is 40.4. The number of hydrogen-bond acceptors (Lipinski definition) is 5. The van der Waals surface area contributed by atoms with E-state index in [0.29, 0.717) is 43.0 Å². The summed E-state index contributed by atoms with van der Waals surface area (Å²) >= 11 is 0. The quantitative estimate of drug-likeness (QED) is 0.161. The van der Waals surface area contributed by atoms with E-state index in [1.165, 1.54) is 6.92 Å². The second-order valence-corrected chi connectivity index (χ2v) is 10.9. The van der Waals surface area contributed by atoms with Gasteiger partial charge in [-0.25, -0.2) is 0 Å². The first-order valence-corrected chi connectivity index (χ1v) is 14.7. The van der Waals surface area contributed by atoms with Gasteiger partial charge < -0.3 is 20.7 Å². The number of ether oxygens (including phenoxy) is 1. The Kier molecular flexibility index (Phi) is 9.64. The third-order valence-corrected chi connectivity index (χ3v) is 7.78. The molecule has 4 aromatic carbocycles. The molecular weight excluding hydrogens is 538 g/mol. The van der Waals surface area contributed by atoms with E-state index in [4.69, 9.17) is 10.5 Å². The van der Waals surface area contributed by atoms with Crippen molar-refractivity contribution in [3.8, 4) is 22.6 Å². The minimum Gasteiger partial charge on any atom is -0.457 e. The molecule has 0 spiro atoms. The number of rotatable bonds is 12. The Morgan fingerprint density at radius 1 is 0.791 bits per heavy atom. The van der Waals surface area contributed by atoms with Gasteiger partial charge in [0.15, 0.2) is 5.78 Å². The summed E-state index contributed by atoms with van der Waals surface area (Å²) in [5.74, 6) is 1.05. The average Bonchev–Trinajstić information content (AvgIpc) is 3.03. The number of amides is 2. The van der Waals surface area contributed by atoms with Gasteiger partial charge in [-0.2, -0.15) is 0 Å². The highest BCUT2D eigenvalue weighted by molar-refractivity contribution is 5.97. The lowest BCUT2D eigenvalue weighted by molar-refractivity contribution is -0.150. The second kappa shape index (κ2) is 13.9. The number of carbonyl (C=O) groups is 3. The number of hydrogen-bond donors (Lipinski definition) is 2. The van der Waals surface area contributed by atoms with Gasteiger partial charge in [-0.1, -0.05) is 66.7 Å². The molecule has 0 aromatic heterocycles. The van der Waals surface area contributed by atoms with E-state index in [9.17, 15) is 14.4 Å². The van der Waals surface area contributed by atoms with Crippen molar-refractivity contribution in [2.75, 3.05) is 6.54 Å². The molecule has 0 unspecified atom stereocenters. The van der Waals surface area contributed by atoms with E-state index < -0.39 is 12.1 Å². The average molecular weight is 576 g/mol. The lowest BCUT2D eigenvalue weighted by Crippen LogP contribution is -2.63. The van der Waals surface area contributed by atoms with Gasteiger partial charge in [0.2, 0.25) is 11.8 Å². The number of carbonyl (C=O) groups excluding carboxylic acids is 3. The monoisotopic (exact) mass is 575 g/mol. The van der Waals surface area contributed by atoms with E-state index in [2.05, 4.69) is 29.6 Å². The fourth-order valence-electron chi connectivity index (χ4n) is 5.37. The Balaban J connectivity index is 1.28. The fourth-order valence-corrected chi connectivity index (χ4v) is 5.37. The molecule has 2 atom stereocenters. The summed E-state index contributed by atoms with van der Waals surface area (Å²) in [7, 11) is 0. The van der Waals surface area contributed by atoms with Gasteiger partial charge in [-0.15, -0.1) is 0 Å². The van der Waals surface area contributed by atoms with Crippen molar-refractivity contribution in [3.63, 3.8) is 0 Å². The van der Waals surface area contributed by atoms with E-state index >= 15 is 0 Å². The van der Waals surface area contributed by atoms with E-state index in [1.54, 1.807) is 29.2 Å². The highest BCUT2D eigenvalue weighted by Gasteiger charge is 2.40. The number of nitrogens with one attached hydrogen (secondary N) is 1. The number of unbranched alkanes of at least 4 members (excludes halogenated alkanes) is 1. The van der Waals surface area contributed by atoms with Crippen LogP contribution in [0.5, 0.6) is 11.5 Å². The van der Waals surface area contributed by atoms with Crippen molar-refractivity contribution in [1.29, 1.82) is 0 Å². The molecule has 1 aliphatic heterocycles. The maximum absolute atomic E-state index is 13.8. The Morgan fingerprint density at radius 3 is 2.02 bits per heavy atom. The molecule has 1 saturated heterocycles. The lowest BCUT2D eigenvalue weighted by atomic mass is 9.96. The Labute approximate surface area is 252 Å². The zero-order valence-electron chi connectivity index (χ0n) is 24.4. The smallest absolute Gasteiger partial charge is 0.246 e. The molecule has 0 aliphatic carbocycles. The zero-order valence-corrected chi connectivity index (χ0v) is 24.4. The second-order valence-electron chi connectivity index (χ2n) is 10.9. The van der Waals surface area contributed by atoms with Crippen LogP contribution in [0.15, 0.2) is 103 Å². The molecule has 4 aromatic rings. The summed E-state index contributed by atoms with van der Waals surface area (Å²) < 4.78 is 5.91. The van der Waals surface area contributed by atoms with Gasteiger partial charge in [0.05, 0.1) is 0 Å². The normalized spacial score (nSPS) is 16.6. The highest BCUT2D eigenvalue weighted by atomic mass is 16.5. The molecule has 0 saturated carbocycles. The number of nitrogens with zero attached hydrogens (tertiary/aromatic N) is 1. The number of piperazine rings is 1. The first kappa shape index (κ1) is 29.7. The van der Waals surface area contributed by atoms with Crippen LogP contribution < -0.4 is 15.8 Å². The molecule has 1 heterocycles. The Morgan fingerprint density at radius 2 is 1.40 bits per heavy atom. The van der Waals surface area contributed by atoms with Crippen LogP contribution in [0, 0.1) is 0 Å². The van der Waals surface area contributed by atoms with Crippen LogP contribution in [0.3, 0.4) is 0 Å². The molecule has 7 heteroatoms. The van der Waals surface area contributed by atoms with Gasteiger partial charge in [0.25, 0.3) is 0 Å². The van der Waals surface area contributed by atoms with Crippen molar-refractivity contribution in [2.24, 2.45) is 5.73 Å². The van der Waals surface area contributed by atoms with E-state index in [-0.39, 0.29) is 17.6 Å². The first-order chi connectivity index (χ1) is 20.9. The fraction of sp³-hybridized carbons (Fsp3) is 0.250. The van der Waals surface area contributed by atoms with Gasteiger partial charge in [-0.05, 0) is 91.4 Å². The minimum atomic E-state index is -0.659. The van der Waals surface area contributed by atoms with Crippen LogP contribution in [0.1, 0.15) is 47.7 Å². The molecule has 5 rings (SSSR count). The molecule has 220 valence electrons. The number of benzene rings is 4.